The minimum Gasteiger partial charge on any atom is -0.310 e. The van der Waals surface area contributed by atoms with Crippen molar-refractivity contribution in [3.8, 4) is 39.1 Å². The molecule has 0 fully saturated rings. The molecule has 2 aliphatic rings. The fourth-order valence-corrected chi connectivity index (χ4v) is 10.2. The molecular formula is C56H38N2. The molecule has 2 heterocycles. The number of aromatic nitrogens is 1. The van der Waals surface area contributed by atoms with Crippen molar-refractivity contribution in [2.45, 2.75) is 12.3 Å². The summed E-state index contributed by atoms with van der Waals surface area (Å²) in [5.41, 5.74) is 20.6. The van der Waals surface area contributed by atoms with Gasteiger partial charge in [-0.05, 0) is 111 Å². The van der Waals surface area contributed by atoms with E-state index in [0.717, 1.165) is 17.1 Å². The zero-order chi connectivity index (χ0) is 38.4. The number of nitrogens with zero attached hydrogens (tertiary/aromatic N) is 2. The van der Waals surface area contributed by atoms with Crippen LogP contribution in [-0.4, -0.2) is 4.57 Å². The highest BCUT2D eigenvalue weighted by molar-refractivity contribution is 6.13. The average Bonchev–Trinajstić information content (AvgIpc) is 3.77. The number of rotatable bonds is 5. The Morgan fingerprint density at radius 2 is 0.897 bits per heavy atom. The van der Waals surface area contributed by atoms with Gasteiger partial charge in [0.25, 0.3) is 0 Å². The van der Waals surface area contributed by atoms with Crippen LogP contribution in [0.2, 0.25) is 0 Å². The molecule has 1 aromatic heterocycles. The number of benzene rings is 9. The first-order valence-electron chi connectivity index (χ1n) is 20.2. The predicted molar refractivity (Wildman–Crippen MR) is 242 cm³/mol. The van der Waals surface area contributed by atoms with Gasteiger partial charge in [0, 0.05) is 27.8 Å². The topological polar surface area (TPSA) is 8.17 Å². The van der Waals surface area contributed by atoms with Crippen molar-refractivity contribution in [1.82, 2.24) is 4.57 Å². The molecule has 1 atom stereocenters. The highest BCUT2D eigenvalue weighted by Gasteiger charge is 2.51. The van der Waals surface area contributed by atoms with Gasteiger partial charge in [0.2, 0.25) is 0 Å². The largest absolute Gasteiger partial charge is 0.310 e. The molecule has 1 aliphatic heterocycles. The average molecular weight is 739 g/mol. The second kappa shape index (κ2) is 12.5. The van der Waals surface area contributed by atoms with Crippen LogP contribution in [0, 0.1) is 6.92 Å². The standard InChI is InChI=1S/C56H38N2/c1-37-23-33-45-46-34-32-44(57(42-28-24-40(25-29-42)38-13-4-2-5-14-38)43-30-26-41(27-31-43)39-15-6-3-7-16-39)36-52(46)56(51(45)35-37)49-19-9-11-22-54(49)58-53-21-10-8-17-47(53)48-18-12-20-50(56)55(48)58/h2-36H,1H3. The van der Waals surface area contributed by atoms with Crippen LogP contribution in [0.1, 0.15) is 27.8 Å². The molecule has 272 valence electrons. The second-order valence-corrected chi connectivity index (χ2v) is 15.8. The minimum absolute atomic E-state index is 0.535. The summed E-state index contributed by atoms with van der Waals surface area (Å²) in [6.07, 6.45) is 0. The number of para-hydroxylation sites is 3. The Hall–Kier alpha value is -7.42. The van der Waals surface area contributed by atoms with Gasteiger partial charge in [-0.2, -0.15) is 0 Å². The van der Waals surface area contributed by atoms with Crippen LogP contribution < -0.4 is 4.90 Å². The van der Waals surface area contributed by atoms with Crippen LogP contribution in [0.15, 0.2) is 212 Å². The van der Waals surface area contributed by atoms with Crippen LogP contribution in [0.4, 0.5) is 17.1 Å². The van der Waals surface area contributed by atoms with Gasteiger partial charge in [-0.1, -0.05) is 169 Å². The molecule has 2 heteroatoms. The summed E-state index contributed by atoms with van der Waals surface area (Å²) in [5, 5.41) is 2.58. The first-order chi connectivity index (χ1) is 28.7. The highest BCUT2D eigenvalue weighted by Crippen LogP contribution is 2.62. The van der Waals surface area contributed by atoms with E-state index >= 15 is 0 Å². The highest BCUT2D eigenvalue weighted by atomic mass is 15.1. The lowest BCUT2D eigenvalue weighted by molar-refractivity contribution is 0.747. The normalized spacial score (nSPS) is 14.7. The molecule has 1 spiro atoms. The maximum atomic E-state index is 2.52. The summed E-state index contributed by atoms with van der Waals surface area (Å²) < 4.78 is 2.52. The number of anilines is 3. The number of aryl methyl sites for hydroxylation is 1. The van der Waals surface area contributed by atoms with E-state index in [2.05, 4.69) is 229 Å². The van der Waals surface area contributed by atoms with Crippen molar-refractivity contribution >= 4 is 38.9 Å². The minimum atomic E-state index is -0.535. The summed E-state index contributed by atoms with van der Waals surface area (Å²) >= 11 is 0. The molecule has 58 heavy (non-hydrogen) atoms. The van der Waals surface area contributed by atoms with E-state index in [1.54, 1.807) is 0 Å². The maximum Gasteiger partial charge on any atom is 0.0755 e. The third-order valence-corrected chi connectivity index (χ3v) is 12.6. The summed E-state index contributed by atoms with van der Waals surface area (Å²) in [5.74, 6) is 0. The molecule has 1 aliphatic carbocycles. The Morgan fingerprint density at radius 1 is 0.379 bits per heavy atom. The third-order valence-electron chi connectivity index (χ3n) is 12.6. The molecule has 10 aromatic rings. The fraction of sp³-hybridized carbons (Fsp3) is 0.0357. The van der Waals surface area contributed by atoms with Crippen molar-refractivity contribution < 1.29 is 0 Å². The molecule has 0 bridgehead atoms. The lowest BCUT2D eigenvalue weighted by Crippen LogP contribution is -2.33. The van der Waals surface area contributed by atoms with Gasteiger partial charge in [-0.3, -0.25) is 0 Å². The summed E-state index contributed by atoms with van der Waals surface area (Å²) in [6, 6.07) is 78.6. The first kappa shape index (κ1) is 32.8. The van der Waals surface area contributed by atoms with Crippen LogP contribution in [0.25, 0.3) is 60.9 Å². The van der Waals surface area contributed by atoms with E-state index < -0.39 is 5.41 Å². The lowest BCUT2D eigenvalue weighted by Gasteiger charge is -2.40. The van der Waals surface area contributed by atoms with Crippen LogP contribution in [-0.2, 0) is 5.41 Å². The number of fused-ring (bicyclic) bond motifs is 12. The van der Waals surface area contributed by atoms with E-state index in [1.165, 1.54) is 88.7 Å². The Kier molecular flexibility index (Phi) is 7.09. The van der Waals surface area contributed by atoms with E-state index in [9.17, 15) is 0 Å². The second-order valence-electron chi connectivity index (χ2n) is 15.8. The summed E-state index contributed by atoms with van der Waals surface area (Å²) in [4.78, 5) is 2.43. The summed E-state index contributed by atoms with van der Waals surface area (Å²) in [6.45, 7) is 2.23. The molecule has 2 nitrogen and oxygen atoms in total. The molecule has 0 saturated heterocycles. The lowest BCUT2D eigenvalue weighted by atomic mass is 9.65. The van der Waals surface area contributed by atoms with Crippen LogP contribution in [0.5, 0.6) is 0 Å². The van der Waals surface area contributed by atoms with E-state index in [1.807, 2.05) is 0 Å². The monoisotopic (exact) mass is 738 g/mol. The predicted octanol–water partition coefficient (Wildman–Crippen LogP) is 14.6. The Labute approximate surface area is 338 Å². The third kappa shape index (κ3) is 4.60. The molecule has 0 amide bonds. The van der Waals surface area contributed by atoms with Crippen molar-refractivity contribution in [1.29, 1.82) is 0 Å². The van der Waals surface area contributed by atoms with Gasteiger partial charge in [-0.25, -0.2) is 0 Å². The Bertz CT molecular complexity index is 3130. The van der Waals surface area contributed by atoms with Gasteiger partial charge in [0.1, 0.15) is 0 Å². The quantitative estimate of drug-likeness (QED) is 0.171. The Balaban J connectivity index is 1.12. The Morgan fingerprint density at radius 3 is 1.59 bits per heavy atom. The van der Waals surface area contributed by atoms with E-state index in [-0.39, 0.29) is 0 Å². The number of hydrogen-bond donors (Lipinski definition) is 0. The number of hydrogen-bond acceptors (Lipinski definition) is 1. The van der Waals surface area contributed by atoms with E-state index in [0.29, 0.717) is 0 Å². The molecule has 9 aromatic carbocycles. The van der Waals surface area contributed by atoms with Gasteiger partial charge in [0.15, 0.2) is 0 Å². The molecule has 12 rings (SSSR count). The zero-order valence-corrected chi connectivity index (χ0v) is 32.1. The zero-order valence-electron chi connectivity index (χ0n) is 32.1. The van der Waals surface area contributed by atoms with E-state index in [4.69, 9.17) is 0 Å². The van der Waals surface area contributed by atoms with Crippen LogP contribution >= 0.6 is 0 Å². The SMILES string of the molecule is Cc1ccc2c(c1)C1(c3cc(N(c4ccc(-c5ccccc5)cc4)c4ccc(-c5ccccc5)cc4)ccc3-2)c2ccccc2-n2c3ccccc3c3cccc1c32. The molecule has 0 radical (unpaired) electrons. The smallest absolute Gasteiger partial charge is 0.0755 e. The van der Waals surface area contributed by atoms with Crippen molar-refractivity contribution in [3.05, 3.63) is 240 Å². The van der Waals surface area contributed by atoms with Gasteiger partial charge < -0.3 is 9.47 Å². The van der Waals surface area contributed by atoms with Crippen molar-refractivity contribution in [2.24, 2.45) is 0 Å². The van der Waals surface area contributed by atoms with Crippen molar-refractivity contribution in [2.75, 3.05) is 4.90 Å². The summed E-state index contributed by atoms with van der Waals surface area (Å²) in [7, 11) is 0. The molecule has 0 N–H and O–H groups in total. The maximum absolute atomic E-state index is 2.52. The molecule has 0 saturated carbocycles. The van der Waals surface area contributed by atoms with Gasteiger partial charge in [-0.15, -0.1) is 0 Å². The fourth-order valence-electron chi connectivity index (χ4n) is 10.2. The molecule has 1 unspecified atom stereocenters. The van der Waals surface area contributed by atoms with Crippen LogP contribution in [0.3, 0.4) is 0 Å². The molecular weight excluding hydrogens is 701 g/mol. The first-order valence-corrected chi connectivity index (χ1v) is 20.2. The van der Waals surface area contributed by atoms with Gasteiger partial charge >= 0.3 is 0 Å². The van der Waals surface area contributed by atoms with Gasteiger partial charge in [0.05, 0.1) is 22.1 Å². The van der Waals surface area contributed by atoms with Crippen molar-refractivity contribution in [3.63, 3.8) is 0 Å².